The van der Waals surface area contributed by atoms with Crippen molar-refractivity contribution in [3.8, 4) is 0 Å². The van der Waals surface area contributed by atoms with Crippen LogP contribution in [0.1, 0.15) is 12.8 Å². The van der Waals surface area contributed by atoms with Crippen LogP contribution in [0.2, 0.25) is 0 Å². The van der Waals surface area contributed by atoms with E-state index in [1.165, 1.54) is 23.1 Å². The summed E-state index contributed by atoms with van der Waals surface area (Å²) in [5.74, 6) is 1.55. The summed E-state index contributed by atoms with van der Waals surface area (Å²) in [4.78, 5) is 24.4. The average Bonchev–Trinajstić information content (AvgIpc) is 2.70. The van der Waals surface area contributed by atoms with Gasteiger partial charge in [0.15, 0.2) is 0 Å². The van der Waals surface area contributed by atoms with Gasteiger partial charge in [0.25, 0.3) is 0 Å². The Kier molecular flexibility index (Phi) is 3.64. The molecule has 0 radical (unpaired) electrons. The van der Waals surface area contributed by atoms with E-state index in [-0.39, 0.29) is 11.8 Å². The molecule has 5 heteroatoms. The molecule has 2 heterocycles. The van der Waals surface area contributed by atoms with Crippen LogP contribution < -0.4 is 5.32 Å². The van der Waals surface area contributed by atoms with E-state index < -0.39 is 0 Å². The first-order chi connectivity index (χ1) is 7.27. The minimum absolute atomic E-state index is 0.0118. The second-order valence-electron chi connectivity index (χ2n) is 4.08. The summed E-state index contributed by atoms with van der Waals surface area (Å²) in [5.41, 5.74) is 0. The number of nitrogens with one attached hydrogen (secondary N) is 1. The summed E-state index contributed by atoms with van der Waals surface area (Å²) in [7, 11) is 0. The zero-order chi connectivity index (χ0) is 10.7. The minimum atomic E-state index is -0.0118. The van der Waals surface area contributed by atoms with Crippen molar-refractivity contribution in [1.29, 1.82) is 0 Å². The van der Waals surface area contributed by atoms with Gasteiger partial charge in [-0.25, -0.2) is 0 Å². The number of nitrogens with zero attached hydrogens (tertiary/aromatic N) is 1. The van der Waals surface area contributed by atoms with Crippen molar-refractivity contribution in [2.24, 2.45) is 5.92 Å². The molecular weight excluding hydrogens is 212 g/mol. The summed E-state index contributed by atoms with van der Waals surface area (Å²) in [6, 6.07) is 0. The normalized spacial score (nSPS) is 27.5. The first kappa shape index (κ1) is 11.0. The molecule has 1 N–H and O–H groups in total. The summed E-state index contributed by atoms with van der Waals surface area (Å²) in [5, 5.41) is 3.29. The number of hydrogen-bond acceptors (Lipinski definition) is 4. The SMILES string of the molecule is O=C1CSCC(=O)N1CCC1CCNC1. The molecule has 2 amide bonds. The van der Waals surface area contributed by atoms with Crippen molar-refractivity contribution in [2.75, 3.05) is 31.1 Å². The summed E-state index contributed by atoms with van der Waals surface area (Å²) >= 11 is 1.42. The maximum Gasteiger partial charge on any atom is 0.239 e. The maximum absolute atomic E-state index is 11.5. The van der Waals surface area contributed by atoms with Gasteiger partial charge in [-0.15, -0.1) is 11.8 Å². The molecular formula is C10H16N2O2S. The van der Waals surface area contributed by atoms with Crippen molar-refractivity contribution < 1.29 is 9.59 Å². The molecule has 0 bridgehead atoms. The third-order valence-corrected chi connectivity index (χ3v) is 3.88. The molecule has 2 rings (SSSR count). The molecule has 0 aliphatic carbocycles. The number of thioether (sulfide) groups is 1. The Morgan fingerprint density at radius 3 is 2.67 bits per heavy atom. The summed E-state index contributed by atoms with van der Waals surface area (Å²) in [6.45, 7) is 2.72. The van der Waals surface area contributed by atoms with E-state index in [9.17, 15) is 9.59 Å². The first-order valence-corrected chi connectivity index (χ1v) is 6.54. The van der Waals surface area contributed by atoms with Gasteiger partial charge in [-0.05, 0) is 31.8 Å². The van der Waals surface area contributed by atoms with Gasteiger partial charge in [-0.2, -0.15) is 0 Å². The number of rotatable bonds is 3. The summed E-state index contributed by atoms with van der Waals surface area (Å²) in [6.07, 6.45) is 2.13. The van der Waals surface area contributed by atoms with Crippen molar-refractivity contribution in [3.63, 3.8) is 0 Å². The van der Waals surface area contributed by atoms with Crippen molar-refractivity contribution >= 4 is 23.6 Å². The highest BCUT2D eigenvalue weighted by Gasteiger charge is 2.27. The number of imide groups is 1. The van der Waals surface area contributed by atoms with Crippen molar-refractivity contribution in [1.82, 2.24) is 10.2 Å². The van der Waals surface area contributed by atoms with Gasteiger partial charge < -0.3 is 5.32 Å². The lowest BCUT2D eigenvalue weighted by molar-refractivity contribution is -0.142. The lowest BCUT2D eigenvalue weighted by atomic mass is 10.0. The zero-order valence-electron chi connectivity index (χ0n) is 8.70. The Morgan fingerprint density at radius 2 is 2.07 bits per heavy atom. The molecule has 0 aromatic heterocycles. The van der Waals surface area contributed by atoms with Gasteiger partial charge in [0.1, 0.15) is 0 Å². The van der Waals surface area contributed by atoms with Gasteiger partial charge in [-0.1, -0.05) is 0 Å². The number of carbonyl (C=O) groups is 2. The molecule has 2 saturated heterocycles. The predicted octanol–water partition coefficient (Wildman–Crippen LogP) is 0.0880. The van der Waals surface area contributed by atoms with E-state index in [1.807, 2.05) is 0 Å². The molecule has 0 aromatic rings. The van der Waals surface area contributed by atoms with E-state index in [1.54, 1.807) is 0 Å². The van der Waals surface area contributed by atoms with E-state index >= 15 is 0 Å². The van der Waals surface area contributed by atoms with Crippen LogP contribution in [0.5, 0.6) is 0 Å². The lowest BCUT2D eigenvalue weighted by Gasteiger charge is -2.25. The fraction of sp³-hybridized carbons (Fsp3) is 0.800. The molecule has 4 nitrogen and oxygen atoms in total. The number of carbonyl (C=O) groups excluding carboxylic acids is 2. The van der Waals surface area contributed by atoms with E-state index in [0.717, 1.165) is 19.5 Å². The highest BCUT2D eigenvalue weighted by molar-refractivity contribution is 8.00. The van der Waals surface area contributed by atoms with E-state index in [2.05, 4.69) is 5.32 Å². The predicted molar refractivity (Wildman–Crippen MR) is 59.6 cm³/mol. The van der Waals surface area contributed by atoms with Gasteiger partial charge in [0.05, 0.1) is 11.5 Å². The second kappa shape index (κ2) is 4.99. The number of hydrogen-bond donors (Lipinski definition) is 1. The molecule has 2 aliphatic heterocycles. The molecule has 0 aromatic carbocycles. The highest BCUT2D eigenvalue weighted by Crippen LogP contribution is 2.16. The first-order valence-electron chi connectivity index (χ1n) is 5.39. The zero-order valence-corrected chi connectivity index (χ0v) is 9.52. The van der Waals surface area contributed by atoms with Crippen LogP contribution in [0.15, 0.2) is 0 Å². The Morgan fingerprint density at radius 1 is 1.33 bits per heavy atom. The third kappa shape index (κ3) is 2.72. The van der Waals surface area contributed by atoms with Crippen LogP contribution in [0.25, 0.3) is 0 Å². The quantitative estimate of drug-likeness (QED) is 0.695. The van der Waals surface area contributed by atoms with Crippen LogP contribution in [-0.4, -0.2) is 47.9 Å². The molecule has 2 fully saturated rings. The van der Waals surface area contributed by atoms with Gasteiger partial charge >= 0.3 is 0 Å². The minimum Gasteiger partial charge on any atom is -0.316 e. The van der Waals surface area contributed by atoms with E-state index in [4.69, 9.17) is 0 Å². The Hall–Kier alpha value is -0.550. The van der Waals surface area contributed by atoms with Crippen LogP contribution >= 0.6 is 11.8 Å². The maximum atomic E-state index is 11.5. The lowest BCUT2D eigenvalue weighted by Crippen LogP contribution is -2.43. The van der Waals surface area contributed by atoms with Gasteiger partial charge in [0.2, 0.25) is 11.8 Å². The van der Waals surface area contributed by atoms with Crippen LogP contribution in [0.3, 0.4) is 0 Å². The van der Waals surface area contributed by atoms with Crippen molar-refractivity contribution in [3.05, 3.63) is 0 Å². The van der Waals surface area contributed by atoms with Crippen LogP contribution in [-0.2, 0) is 9.59 Å². The van der Waals surface area contributed by atoms with Crippen LogP contribution in [0.4, 0.5) is 0 Å². The second-order valence-corrected chi connectivity index (χ2v) is 5.07. The van der Waals surface area contributed by atoms with E-state index in [0.29, 0.717) is 24.0 Å². The van der Waals surface area contributed by atoms with Crippen LogP contribution in [0, 0.1) is 5.92 Å². The molecule has 0 saturated carbocycles. The fourth-order valence-electron chi connectivity index (χ4n) is 2.04. The molecule has 15 heavy (non-hydrogen) atoms. The Labute approximate surface area is 93.8 Å². The molecule has 1 unspecified atom stereocenters. The topological polar surface area (TPSA) is 49.4 Å². The Bertz CT molecular complexity index is 248. The molecule has 0 spiro atoms. The smallest absolute Gasteiger partial charge is 0.239 e. The van der Waals surface area contributed by atoms with Gasteiger partial charge in [-0.3, -0.25) is 14.5 Å². The molecule has 1 atom stereocenters. The molecule has 2 aliphatic rings. The highest BCUT2D eigenvalue weighted by atomic mass is 32.2. The largest absolute Gasteiger partial charge is 0.316 e. The molecule has 84 valence electrons. The standard InChI is InChI=1S/C10H16N2O2S/c13-9-6-15-7-10(14)12(9)4-2-8-1-3-11-5-8/h8,11H,1-7H2. The monoisotopic (exact) mass is 228 g/mol. The third-order valence-electron chi connectivity index (χ3n) is 2.98. The number of amides is 2. The average molecular weight is 228 g/mol. The van der Waals surface area contributed by atoms with Gasteiger partial charge in [0, 0.05) is 6.54 Å². The Balaban J connectivity index is 1.81. The van der Waals surface area contributed by atoms with Crippen molar-refractivity contribution in [2.45, 2.75) is 12.8 Å². The summed E-state index contributed by atoms with van der Waals surface area (Å²) < 4.78 is 0. The fourth-order valence-corrected chi connectivity index (χ4v) is 2.81.